The van der Waals surface area contributed by atoms with Gasteiger partial charge in [0.25, 0.3) is 5.91 Å². The van der Waals surface area contributed by atoms with Crippen molar-refractivity contribution in [3.63, 3.8) is 0 Å². The Balaban J connectivity index is 0.000000638. The number of hydrogen-bond donors (Lipinski definition) is 3. The molecule has 1 aliphatic rings. The maximum Gasteiger partial charge on any atom is 0.490 e. The summed E-state index contributed by atoms with van der Waals surface area (Å²) in [6.45, 7) is 0.825. The number of aliphatic carboxylic acids is 1. The Bertz CT molecular complexity index is 1180. The second kappa shape index (κ2) is 13.7. The van der Waals surface area contributed by atoms with Gasteiger partial charge in [0.05, 0.1) is 17.8 Å². The van der Waals surface area contributed by atoms with Crippen LogP contribution in [-0.4, -0.2) is 71.7 Å². The molecule has 2 heterocycles. The second-order valence-electron chi connectivity index (χ2n) is 8.68. The molecular weight excluding hydrogens is 527 g/mol. The third-order valence-electron chi connectivity index (χ3n) is 5.45. The summed E-state index contributed by atoms with van der Waals surface area (Å²) in [5.41, 5.74) is 2.72. The van der Waals surface area contributed by atoms with Gasteiger partial charge in [0.15, 0.2) is 0 Å². The molecule has 13 heteroatoms. The van der Waals surface area contributed by atoms with Crippen molar-refractivity contribution in [2.24, 2.45) is 0 Å². The minimum atomic E-state index is -5.08. The Labute approximate surface area is 222 Å². The van der Waals surface area contributed by atoms with E-state index >= 15 is 0 Å². The average molecular weight is 554 g/mol. The summed E-state index contributed by atoms with van der Waals surface area (Å²) in [4.78, 5) is 39.5. The van der Waals surface area contributed by atoms with Gasteiger partial charge >= 0.3 is 12.1 Å². The number of nitriles is 1. The van der Waals surface area contributed by atoms with Crippen LogP contribution in [0.25, 0.3) is 11.3 Å². The van der Waals surface area contributed by atoms with Gasteiger partial charge in [0.1, 0.15) is 6.04 Å². The number of rotatable bonds is 6. The standard InChI is InChI=1S/C23H26ClN5O2.C2HF3O2/c1-29(2)23(31)17-10-16(11-18(24)12-17)20-7-6-15(14-27-20)9-19(13-25)28-22(30)21-5-3-4-8-26-21;3-2(4,5)1(6)7/h6-7,10-12,14,19,21,26H,3-5,8-9H2,1-2H3,(H,28,30);(H,6,7)/t19?,21-;/m0./s1. The lowest BCUT2D eigenvalue weighted by atomic mass is 10.0. The minimum Gasteiger partial charge on any atom is -0.475 e. The van der Waals surface area contributed by atoms with Gasteiger partial charge in [-0.15, -0.1) is 0 Å². The first-order chi connectivity index (χ1) is 17.8. The highest BCUT2D eigenvalue weighted by atomic mass is 35.5. The van der Waals surface area contributed by atoms with E-state index in [0.29, 0.717) is 22.7 Å². The van der Waals surface area contributed by atoms with Gasteiger partial charge < -0.3 is 20.6 Å². The van der Waals surface area contributed by atoms with Crippen molar-refractivity contribution in [1.82, 2.24) is 20.5 Å². The zero-order valence-corrected chi connectivity index (χ0v) is 21.4. The number of alkyl halides is 3. The molecule has 1 fully saturated rings. The fraction of sp³-hybridized carbons (Fsp3) is 0.400. The molecule has 0 spiro atoms. The number of nitrogens with zero attached hydrogens (tertiary/aromatic N) is 3. The van der Waals surface area contributed by atoms with Crippen LogP contribution < -0.4 is 10.6 Å². The molecule has 204 valence electrons. The monoisotopic (exact) mass is 553 g/mol. The summed E-state index contributed by atoms with van der Waals surface area (Å²) in [6, 6.07) is 10.1. The Morgan fingerprint density at radius 2 is 1.95 bits per heavy atom. The van der Waals surface area contributed by atoms with Crippen LogP contribution in [0.3, 0.4) is 0 Å². The van der Waals surface area contributed by atoms with E-state index < -0.39 is 18.2 Å². The minimum absolute atomic E-state index is 0.132. The fourth-order valence-corrected chi connectivity index (χ4v) is 3.78. The number of pyridine rings is 1. The van der Waals surface area contributed by atoms with Crippen LogP contribution in [0.2, 0.25) is 5.02 Å². The maximum atomic E-state index is 12.4. The van der Waals surface area contributed by atoms with Crippen molar-refractivity contribution < 1.29 is 32.7 Å². The molecule has 1 aromatic heterocycles. The molecule has 0 aliphatic carbocycles. The van der Waals surface area contributed by atoms with Gasteiger partial charge in [-0.3, -0.25) is 14.6 Å². The normalized spacial score (nSPS) is 15.8. The van der Waals surface area contributed by atoms with Gasteiger partial charge in [-0.25, -0.2) is 4.79 Å². The Kier molecular flexibility index (Phi) is 11.0. The summed E-state index contributed by atoms with van der Waals surface area (Å²) < 4.78 is 31.7. The molecule has 1 aliphatic heterocycles. The number of aromatic nitrogens is 1. The molecule has 9 nitrogen and oxygen atoms in total. The fourth-order valence-electron chi connectivity index (χ4n) is 3.55. The molecule has 1 unspecified atom stereocenters. The number of piperidine rings is 1. The van der Waals surface area contributed by atoms with Gasteiger partial charge in [-0.05, 0) is 49.2 Å². The summed E-state index contributed by atoms with van der Waals surface area (Å²) in [5.74, 6) is -3.03. The molecule has 2 aromatic rings. The van der Waals surface area contributed by atoms with E-state index in [-0.39, 0.29) is 17.9 Å². The first kappa shape index (κ1) is 30.5. The molecule has 0 saturated carbocycles. The van der Waals surface area contributed by atoms with Crippen molar-refractivity contribution in [3.8, 4) is 17.3 Å². The van der Waals surface area contributed by atoms with Crippen LogP contribution in [0.5, 0.6) is 0 Å². The lowest BCUT2D eigenvalue weighted by Gasteiger charge is -2.23. The molecule has 1 saturated heterocycles. The molecule has 38 heavy (non-hydrogen) atoms. The molecule has 0 bridgehead atoms. The van der Waals surface area contributed by atoms with E-state index in [0.717, 1.165) is 36.9 Å². The van der Waals surface area contributed by atoms with Crippen molar-refractivity contribution in [2.45, 2.75) is 43.9 Å². The largest absolute Gasteiger partial charge is 0.490 e. The average Bonchev–Trinajstić information content (AvgIpc) is 2.88. The van der Waals surface area contributed by atoms with Crippen LogP contribution in [0, 0.1) is 11.3 Å². The molecule has 1 aromatic carbocycles. The maximum absolute atomic E-state index is 12.4. The Hall–Kier alpha value is -3.69. The van der Waals surface area contributed by atoms with Crippen molar-refractivity contribution in [3.05, 3.63) is 52.7 Å². The van der Waals surface area contributed by atoms with Crippen molar-refractivity contribution in [1.29, 1.82) is 5.26 Å². The number of carboxylic acids is 1. The number of nitrogens with one attached hydrogen (secondary N) is 2. The first-order valence-corrected chi connectivity index (χ1v) is 11.9. The van der Waals surface area contributed by atoms with Crippen LogP contribution in [0.15, 0.2) is 36.5 Å². The highest BCUT2D eigenvalue weighted by molar-refractivity contribution is 6.31. The number of benzene rings is 1. The molecule has 2 amide bonds. The third kappa shape index (κ3) is 9.32. The van der Waals surface area contributed by atoms with Gasteiger partial charge in [-0.2, -0.15) is 18.4 Å². The number of carbonyl (C=O) groups excluding carboxylic acids is 2. The Morgan fingerprint density at radius 1 is 1.26 bits per heavy atom. The summed E-state index contributed by atoms with van der Waals surface area (Å²) in [6.07, 6.45) is -0.167. The molecule has 3 N–H and O–H groups in total. The van der Waals surface area contributed by atoms with E-state index in [4.69, 9.17) is 21.5 Å². The molecule has 2 atom stereocenters. The quantitative estimate of drug-likeness (QED) is 0.498. The highest BCUT2D eigenvalue weighted by Gasteiger charge is 2.38. The van der Waals surface area contributed by atoms with Crippen LogP contribution >= 0.6 is 11.6 Å². The van der Waals surface area contributed by atoms with Crippen molar-refractivity contribution in [2.75, 3.05) is 20.6 Å². The summed E-state index contributed by atoms with van der Waals surface area (Å²) >= 11 is 6.20. The highest BCUT2D eigenvalue weighted by Crippen LogP contribution is 2.24. The van der Waals surface area contributed by atoms with E-state index in [1.54, 1.807) is 38.5 Å². The summed E-state index contributed by atoms with van der Waals surface area (Å²) in [5, 5.41) is 23.1. The van der Waals surface area contributed by atoms with E-state index in [2.05, 4.69) is 21.7 Å². The van der Waals surface area contributed by atoms with Gasteiger partial charge in [-0.1, -0.05) is 24.1 Å². The van der Waals surface area contributed by atoms with E-state index in [1.165, 1.54) is 4.90 Å². The zero-order valence-electron chi connectivity index (χ0n) is 20.7. The lowest BCUT2D eigenvalue weighted by Crippen LogP contribution is -2.49. The summed E-state index contributed by atoms with van der Waals surface area (Å²) in [7, 11) is 3.37. The molecule has 3 rings (SSSR count). The number of halogens is 4. The van der Waals surface area contributed by atoms with Gasteiger partial charge in [0, 0.05) is 42.9 Å². The Morgan fingerprint density at radius 3 is 2.45 bits per heavy atom. The van der Waals surface area contributed by atoms with Crippen LogP contribution in [0.4, 0.5) is 13.2 Å². The van der Waals surface area contributed by atoms with E-state index in [1.807, 2.05) is 12.1 Å². The SMILES string of the molecule is CN(C)C(=O)c1cc(Cl)cc(-c2ccc(CC(C#N)NC(=O)[C@@H]3CCCCN3)cn2)c1.O=C(O)C(F)(F)F. The van der Waals surface area contributed by atoms with Crippen LogP contribution in [-0.2, 0) is 16.0 Å². The topological polar surface area (TPSA) is 135 Å². The predicted octanol–water partition coefficient (Wildman–Crippen LogP) is 3.43. The second-order valence-corrected chi connectivity index (χ2v) is 9.12. The zero-order chi connectivity index (χ0) is 28.5. The third-order valence-corrected chi connectivity index (χ3v) is 5.67. The van der Waals surface area contributed by atoms with Crippen molar-refractivity contribution >= 4 is 29.4 Å². The molecule has 0 radical (unpaired) electrons. The van der Waals surface area contributed by atoms with Crippen LogP contribution in [0.1, 0.15) is 35.2 Å². The lowest BCUT2D eigenvalue weighted by molar-refractivity contribution is -0.192. The smallest absolute Gasteiger partial charge is 0.475 e. The number of amides is 2. The number of carbonyl (C=O) groups is 3. The van der Waals surface area contributed by atoms with E-state index in [9.17, 15) is 28.0 Å². The number of hydrogen-bond acceptors (Lipinski definition) is 6. The molecular formula is C25H27ClF3N5O4. The number of carboxylic acid groups (broad SMARTS) is 1. The predicted molar refractivity (Wildman–Crippen MR) is 133 cm³/mol. The van der Waals surface area contributed by atoms with Gasteiger partial charge in [0.2, 0.25) is 5.91 Å². The first-order valence-electron chi connectivity index (χ1n) is 11.5.